The van der Waals surface area contributed by atoms with Gasteiger partial charge in [0.15, 0.2) is 0 Å². The van der Waals surface area contributed by atoms with E-state index in [0.29, 0.717) is 12.4 Å². The second-order valence-corrected chi connectivity index (χ2v) is 4.11. The molecule has 0 saturated heterocycles. The van der Waals surface area contributed by atoms with Gasteiger partial charge in [-0.25, -0.2) is 4.79 Å². The van der Waals surface area contributed by atoms with Crippen LogP contribution in [-0.2, 0) is 9.59 Å². The van der Waals surface area contributed by atoms with Gasteiger partial charge >= 0.3 is 11.9 Å². The van der Waals surface area contributed by atoms with Crippen LogP contribution < -0.4 is 10.1 Å². The zero-order chi connectivity index (χ0) is 15.0. The van der Waals surface area contributed by atoms with Crippen molar-refractivity contribution in [2.45, 2.75) is 26.2 Å². The van der Waals surface area contributed by atoms with E-state index in [-0.39, 0.29) is 11.3 Å². The SMILES string of the molecule is CCCCCOc1cccc(NC(=O)C(=O)O)c1C#N. The number of anilines is 1. The molecular formula is C14H16N2O4. The van der Waals surface area contributed by atoms with Gasteiger partial charge in [-0.05, 0) is 18.6 Å². The number of ether oxygens (including phenoxy) is 1. The van der Waals surface area contributed by atoms with Crippen LogP contribution in [0.25, 0.3) is 0 Å². The number of carboxylic acids is 1. The van der Waals surface area contributed by atoms with Crippen molar-refractivity contribution in [3.8, 4) is 11.8 Å². The van der Waals surface area contributed by atoms with Crippen molar-refractivity contribution in [1.82, 2.24) is 0 Å². The Kier molecular flexibility index (Phi) is 6.04. The number of hydrogen-bond acceptors (Lipinski definition) is 4. The smallest absolute Gasteiger partial charge is 0.394 e. The van der Waals surface area contributed by atoms with Crippen LogP contribution in [0.2, 0.25) is 0 Å². The number of unbranched alkanes of at least 4 members (excludes halogenated alkanes) is 2. The molecule has 1 aromatic carbocycles. The number of benzene rings is 1. The lowest BCUT2D eigenvalue weighted by atomic mass is 10.1. The summed E-state index contributed by atoms with van der Waals surface area (Å²) in [5, 5.41) is 19.8. The highest BCUT2D eigenvalue weighted by Crippen LogP contribution is 2.25. The van der Waals surface area contributed by atoms with Crippen LogP contribution in [0.4, 0.5) is 5.69 Å². The molecule has 6 heteroatoms. The number of rotatable bonds is 6. The lowest BCUT2D eigenvalue weighted by molar-refractivity contribution is -0.147. The summed E-state index contributed by atoms with van der Waals surface area (Å²) < 4.78 is 5.49. The first kappa shape index (κ1) is 15.5. The van der Waals surface area contributed by atoms with Crippen molar-refractivity contribution >= 4 is 17.6 Å². The van der Waals surface area contributed by atoms with Gasteiger partial charge in [0.2, 0.25) is 0 Å². The molecule has 20 heavy (non-hydrogen) atoms. The minimum Gasteiger partial charge on any atom is -0.492 e. The molecule has 0 saturated carbocycles. The van der Waals surface area contributed by atoms with E-state index in [1.165, 1.54) is 6.07 Å². The van der Waals surface area contributed by atoms with Gasteiger partial charge in [0, 0.05) is 0 Å². The molecule has 1 aromatic rings. The highest BCUT2D eigenvalue weighted by atomic mass is 16.5. The van der Waals surface area contributed by atoms with Gasteiger partial charge in [0.05, 0.1) is 12.3 Å². The molecule has 6 nitrogen and oxygen atoms in total. The lowest BCUT2D eigenvalue weighted by Gasteiger charge is -2.11. The molecule has 1 rings (SSSR count). The minimum atomic E-state index is -1.61. The summed E-state index contributed by atoms with van der Waals surface area (Å²) in [6.07, 6.45) is 2.95. The largest absolute Gasteiger partial charge is 0.492 e. The number of aliphatic carboxylic acids is 1. The summed E-state index contributed by atoms with van der Waals surface area (Å²) in [6.45, 7) is 2.54. The fraction of sp³-hybridized carbons (Fsp3) is 0.357. The molecule has 0 spiro atoms. The zero-order valence-corrected chi connectivity index (χ0v) is 11.2. The molecule has 0 unspecified atom stereocenters. The van der Waals surface area contributed by atoms with E-state index in [2.05, 4.69) is 12.2 Å². The molecule has 0 atom stereocenters. The Morgan fingerprint density at radius 2 is 2.15 bits per heavy atom. The van der Waals surface area contributed by atoms with E-state index >= 15 is 0 Å². The van der Waals surface area contributed by atoms with E-state index in [0.717, 1.165) is 19.3 Å². The fourth-order valence-electron chi connectivity index (χ4n) is 1.58. The van der Waals surface area contributed by atoms with Gasteiger partial charge in [-0.15, -0.1) is 0 Å². The molecule has 0 bridgehead atoms. The Bertz CT molecular complexity index is 534. The first-order chi connectivity index (χ1) is 9.60. The summed E-state index contributed by atoms with van der Waals surface area (Å²) in [7, 11) is 0. The van der Waals surface area contributed by atoms with Crippen LogP contribution >= 0.6 is 0 Å². The first-order valence-electron chi connectivity index (χ1n) is 6.30. The van der Waals surface area contributed by atoms with Crippen molar-refractivity contribution in [3.63, 3.8) is 0 Å². The number of nitrogens with one attached hydrogen (secondary N) is 1. The maximum atomic E-state index is 11.1. The van der Waals surface area contributed by atoms with Crippen LogP contribution in [0.3, 0.4) is 0 Å². The number of carbonyl (C=O) groups is 2. The number of nitrogens with zero attached hydrogens (tertiary/aromatic N) is 1. The third-order valence-corrected chi connectivity index (χ3v) is 2.59. The molecule has 0 aliphatic heterocycles. The molecular weight excluding hydrogens is 260 g/mol. The number of hydrogen-bond donors (Lipinski definition) is 2. The van der Waals surface area contributed by atoms with Crippen LogP contribution in [0.5, 0.6) is 5.75 Å². The molecule has 0 aliphatic carbocycles. The molecule has 1 amide bonds. The summed E-state index contributed by atoms with van der Waals surface area (Å²) in [5.74, 6) is -2.46. The van der Waals surface area contributed by atoms with E-state index in [1.807, 2.05) is 6.07 Å². The van der Waals surface area contributed by atoms with Gasteiger partial charge in [-0.1, -0.05) is 25.8 Å². The standard InChI is InChI=1S/C14H16N2O4/c1-2-3-4-8-20-12-7-5-6-11(10(12)9-15)16-13(17)14(18)19/h5-7H,2-4,8H2,1H3,(H,16,17)(H,18,19). The molecule has 2 N–H and O–H groups in total. The molecule has 0 heterocycles. The average molecular weight is 276 g/mol. The predicted octanol–water partition coefficient (Wildman–Crippen LogP) is 2.15. The third-order valence-electron chi connectivity index (χ3n) is 2.59. The van der Waals surface area contributed by atoms with Gasteiger partial charge < -0.3 is 15.2 Å². The summed E-state index contributed by atoms with van der Waals surface area (Å²) in [6, 6.07) is 6.58. The van der Waals surface area contributed by atoms with Crippen molar-refractivity contribution in [2.75, 3.05) is 11.9 Å². The predicted molar refractivity (Wildman–Crippen MR) is 72.4 cm³/mol. The number of carboxylic acid groups (broad SMARTS) is 1. The lowest BCUT2D eigenvalue weighted by Crippen LogP contribution is -2.22. The maximum Gasteiger partial charge on any atom is 0.394 e. The molecule has 0 fully saturated rings. The van der Waals surface area contributed by atoms with Crippen molar-refractivity contribution in [3.05, 3.63) is 23.8 Å². The van der Waals surface area contributed by atoms with Crippen LogP contribution in [0, 0.1) is 11.3 Å². The Labute approximate surface area is 117 Å². The molecule has 0 radical (unpaired) electrons. The Morgan fingerprint density at radius 1 is 1.40 bits per heavy atom. The summed E-state index contributed by atoms with van der Waals surface area (Å²) in [4.78, 5) is 21.6. The van der Waals surface area contributed by atoms with Crippen molar-refractivity contribution < 1.29 is 19.4 Å². The van der Waals surface area contributed by atoms with Crippen LogP contribution in [0.1, 0.15) is 31.7 Å². The average Bonchev–Trinajstić information content (AvgIpc) is 2.43. The van der Waals surface area contributed by atoms with E-state index < -0.39 is 11.9 Å². The number of amides is 1. The monoisotopic (exact) mass is 276 g/mol. The van der Waals surface area contributed by atoms with Crippen LogP contribution in [-0.4, -0.2) is 23.6 Å². The highest BCUT2D eigenvalue weighted by Gasteiger charge is 2.16. The highest BCUT2D eigenvalue weighted by molar-refractivity contribution is 6.36. The second-order valence-electron chi connectivity index (χ2n) is 4.11. The van der Waals surface area contributed by atoms with E-state index in [1.54, 1.807) is 12.1 Å². The molecule has 106 valence electrons. The van der Waals surface area contributed by atoms with Crippen molar-refractivity contribution in [1.29, 1.82) is 5.26 Å². The van der Waals surface area contributed by atoms with Crippen LogP contribution in [0.15, 0.2) is 18.2 Å². The Hall–Kier alpha value is -2.55. The number of carbonyl (C=O) groups excluding carboxylic acids is 1. The van der Waals surface area contributed by atoms with E-state index in [4.69, 9.17) is 15.1 Å². The Morgan fingerprint density at radius 3 is 2.75 bits per heavy atom. The van der Waals surface area contributed by atoms with Gasteiger partial charge in [0.1, 0.15) is 17.4 Å². The first-order valence-corrected chi connectivity index (χ1v) is 6.30. The zero-order valence-electron chi connectivity index (χ0n) is 11.2. The second kappa shape index (κ2) is 7.79. The minimum absolute atomic E-state index is 0.124. The van der Waals surface area contributed by atoms with E-state index in [9.17, 15) is 9.59 Å². The normalized spacial score (nSPS) is 9.60. The number of nitriles is 1. The quantitative estimate of drug-likeness (QED) is 0.612. The third kappa shape index (κ3) is 4.28. The summed E-state index contributed by atoms with van der Waals surface area (Å²) in [5.41, 5.74) is 0.256. The summed E-state index contributed by atoms with van der Waals surface area (Å²) >= 11 is 0. The molecule has 0 aliphatic rings. The van der Waals surface area contributed by atoms with Gasteiger partial charge in [-0.3, -0.25) is 4.79 Å². The van der Waals surface area contributed by atoms with Crippen molar-refractivity contribution in [2.24, 2.45) is 0 Å². The maximum absolute atomic E-state index is 11.1. The molecule has 0 aromatic heterocycles. The fourth-order valence-corrected chi connectivity index (χ4v) is 1.58. The Balaban J connectivity index is 2.84. The van der Waals surface area contributed by atoms with Gasteiger partial charge in [-0.2, -0.15) is 5.26 Å². The topological polar surface area (TPSA) is 99.4 Å². The van der Waals surface area contributed by atoms with Gasteiger partial charge in [0.25, 0.3) is 0 Å².